The third-order valence-corrected chi connectivity index (χ3v) is 8.25. The van der Waals surface area contributed by atoms with Crippen LogP contribution in [-0.4, -0.2) is 55.5 Å². The molecule has 0 aliphatic heterocycles. The Hall–Kier alpha value is -0.706. The molecule has 0 spiro atoms. The summed E-state index contributed by atoms with van der Waals surface area (Å²) >= 11 is 0. The summed E-state index contributed by atoms with van der Waals surface area (Å²) in [5.41, 5.74) is 0. The molecule has 0 amide bonds. The number of carbonyl (C=O) groups excluding carboxylic acids is 2. The molecule has 0 aliphatic carbocycles. The van der Waals surface area contributed by atoms with E-state index in [0.29, 0.717) is 19.8 Å². The van der Waals surface area contributed by atoms with Crippen molar-refractivity contribution in [1.29, 1.82) is 0 Å². The van der Waals surface area contributed by atoms with Crippen LogP contribution in [0.5, 0.6) is 0 Å². The van der Waals surface area contributed by atoms with Gasteiger partial charge in [0, 0.05) is 21.0 Å². The van der Waals surface area contributed by atoms with Crippen molar-refractivity contribution in [2.75, 3.05) is 26.9 Å². The van der Waals surface area contributed by atoms with Gasteiger partial charge in [0.1, 0.15) is 6.61 Å². The monoisotopic (exact) mass is 352 g/mol. The normalized spacial score (nSPS) is 11.3. The van der Waals surface area contributed by atoms with E-state index in [-0.39, 0.29) is 11.9 Å². The Morgan fingerprint density at radius 2 is 1.27 bits per heavy atom. The molecule has 132 valence electrons. The first-order chi connectivity index (χ1) is 9.89. The predicted octanol–water partition coefficient (Wildman–Crippen LogP) is 2.80. The van der Waals surface area contributed by atoms with E-state index in [1.54, 1.807) is 7.11 Å². The van der Waals surface area contributed by atoms with Crippen LogP contribution in [0.3, 0.4) is 0 Å². The minimum atomic E-state index is -1.62. The third kappa shape index (κ3) is 21.6. The fraction of sp³-hybridized carbons (Fsp3) is 0.857. The highest BCUT2D eigenvalue weighted by Crippen LogP contribution is 2.17. The number of esters is 2. The number of rotatable bonds is 8. The lowest BCUT2D eigenvalue weighted by molar-refractivity contribution is -0.142. The average molecular weight is 353 g/mol. The first-order valence-electron chi connectivity index (χ1n) is 7.35. The van der Waals surface area contributed by atoms with Gasteiger partial charge in [0.05, 0.1) is 13.2 Å². The molecule has 0 unspecified atom stereocenters. The van der Waals surface area contributed by atoms with Crippen LogP contribution >= 0.6 is 0 Å². The van der Waals surface area contributed by atoms with Gasteiger partial charge in [-0.25, -0.2) is 0 Å². The highest BCUT2D eigenvalue weighted by molar-refractivity contribution is 6.84. The average Bonchev–Trinajstić information content (AvgIpc) is 2.25. The van der Waals surface area contributed by atoms with Crippen LogP contribution in [0.15, 0.2) is 0 Å². The lowest BCUT2D eigenvalue weighted by Gasteiger charge is -2.31. The van der Waals surface area contributed by atoms with E-state index < -0.39 is 16.6 Å². The summed E-state index contributed by atoms with van der Waals surface area (Å²) in [6, 6.07) is 0.886. The van der Waals surface area contributed by atoms with Crippen molar-refractivity contribution in [2.24, 2.45) is 0 Å². The van der Waals surface area contributed by atoms with Crippen LogP contribution in [0, 0.1) is 0 Å². The van der Waals surface area contributed by atoms with Gasteiger partial charge < -0.3 is 18.3 Å². The quantitative estimate of drug-likeness (QED) is 0.380. The molecule has 8 heteroatoms. The minimum Gasteiger partial charge on any atom is -0.466 e. The zero-order chi connectivity index (χ0) is 17.8. The number of hydrogen-bond acceptors (Lipinski definition) is 6. The van der Waals surface area contributed by atoms with E-state index in [9.17, 15) is 9.59 Å². The van der Waals surface area contributed by atoms with Gasteiger partial charge in [-0.2, -0.15) is 0 Å². The summed E-state index contributed by atoms with van der Waals surface area (Å²) in [6.45, 7) is 15.0. The van der Waals surface area contributed by atoms with Crippen molar-refractivity contribution >= 4 is 28.6 Å². The van der Waals surface area contributed by atoms with Crippen molar-refractivity contribution in [3.8, 4) is 0 Å². The van der Waals surface area contributed by atoms with Gasteiger partial charge in [-0.15, -0.1) is 0 Å². The zero-order valence-electron chi connectivity index (χ0n) is 15.3. The highest BCUT2D eigenvalue weighted by atomic mass is 28.4. The lowest BCUT2D eigenvalue weighted by atomic mass is 10.7. The second-order valence-corrected chi connectivity index (χ2v) is 15.5. The Labute approximate surface area is 136 Å². The molecule has 22 heavy (non-hydrogen) atoms. The smallest absolute Gasteiger partial charge is 0.302 e. The summed E-state index contributed by atoms with van der Waals surface area (Å²) in [5, 5.41) is 0. The second-order valence-electron chi connectivity index (χ2n) is 6.40. The molecule has 0 aliphatic rings. The first kappa shape index (κ1) is 23.6. The summed E-state index contributed by atoms with van der Waals surface area (Å²) in [4.78, 5) is 20.6. The van der Waals surface area contributed by atoms with Gasteiger partial charge in [0.25, 0.3) is 0 Å². The molecule has 0 fully saturated rings. The molecule has 0 aromatic heterocycles. The molecular weight excluding hydrogens is 320 g/mol. The Bertz CT molecular complexity index is 326. The fourth-order valence-corrected chi connectivity index (χ4v) is 9.22. The van der Waals surface area contributed by atoms with Crippen molar-refractivity contribution < 1.29 is 27.9 Å². The molecule has 0 aromatic rings. The standard InChI is InChI=1S/C9H22O3Si2.C5H10O3/c1-9(10)11-7-8-14(5,6)12-13(2,3)4;1-5(6)8-4-3-7-2/h7-8H2,1-6H3;3-4H2,1-2H3. The molecule has 0 saturated carbocycles. The number of carbonyl (C=O) groups is 2. The zero-order valence-corrected chi connectivity index (χ0v) is 17.3. The van der Waals surface area contributed by atoms with Gasteiger partial charge in [0.15, 0.2) is 16.6 Å². The Morgan fingerprint density at radius 1 is 0.818 bits per heavy atom. The predicted molar refractivity (Wildman–Crippen MR) is 91.9 cm³/mol. The van der Waals surface area contributed by atoms with Crippen LogP contribution < -0.4 is 0 Å². The summed E-state index contributed by atoms with van der Waals surface area (Å²) in [6.07, 6.45) is 0. The number of methoxy groups -OCH3 is 1. The Kier molecular flexibility index (Phi) is 12.6. The van der Waals surface area contributed by atoms with E-state index in [1.807, 2.05) is 0 Å². The van der Waals surface area contributed by atoms with E-state index in [2.05, 4.69) is 42.2 Å². The maximum Gasteiger partial charge on any atom is 0.302 e. The van der Waals surface area contributed by atoms with E-state index in [0.717, 1.165) is 6.04 Å². The SMILES string of the molecule is CC(=O)OCC[Si](C)(C)O[Si](C)(C)C.COCCOC(C)=O. The maximum atomic E-state index is 10.6. The van der Waals surface area contributed by atoms with Crippen LogP contribution in [0.25, 0.3) is 0 Å². The molecule has 0 heterocycles. The molecule has 0 atom stereocenters. The number of hydrogen-bond donors (Lipinski definition) is 0. The van der Waals surface area contributed by atoms with Gasteiger partial charge in [-0.1, -0.05) is 0 Å². The summed E-state index contributed by atoms with van der Waals surface area (Å²) < 4.78 is 20.2. The molecule has 6 nitrogen and oxygen atoms in total. The summed E-state index contributed by atoms with van der Waals surface area (Å²) in [5.74, 6) is -0.468. The van der Waals surface area contributed by atoms with Gasteiger partial charge in [0.2, 0.25) is 0 Å². The molecule has 0 bridgehead atoms. The minimum absolute atomic E-state index is 0.206. The Morgan fingerprint density at radius 3 is 1.64 bits per heavy atom. The van der Waals surface area contributed by atoms with E-state index in [1.165, 1.54) is 13.8 Å². The second kappa shape index (κ2) is 11.8. The van der Waals surface area contributed by atoms with Crippen molar-refractivity contribution in [3.63, 3.8) is 0 Å². The highest BCUT2D eigenvalue weighted by Gasteiger charge is 2.29. The molecule has 0 aromatic carbocycles. The maximum absolute atomic E-state index is 10.6. The van der Waals surface area contributed by atoms with Crippen LogP contribution in [0.1, 0.15) is 13.8 Å². The van der Waals surface area contributed by atoms with Crippen molar-refractivity contribution in [1.82, 2.24) is 0 Å². The lowest BCUT2D eigenvalue weighted by Crippen LogP contribution is -2.42. The molecule has 0 N–H and O–H groups in total. The molecule has 0 rings (SSSR count). The van der Waals surface area contributed by atoms with Gasteiger partial charge in [-0.05, 0) is 38.8 Å². The first-order valence-corrected chi connectivity index (χ1v) is 13.9. The Balaban J connectivity index is 0. The summed E-state index contributed by atoms with van der Waals surface area (Å²) in [7, 11) is -1.51. The van der Waals surface area contributed by atoms with Crippen LogP contribution in [0.4, 0.5) is 0 Å². The van der Waals surface area contributed by atoms with E-state index >= 15 is 0 Å². The van der Waals surface area contributed by atoms with Crippen LogP contribution in [-0.2, 0) is 27.9 Å². The van der Waals surface area contributed by atoms with Gasteiger partial charge in [-0.3, -0.25) is 9.59 Å². The van der Waals surface area contributed by atoms with Crippen molar-refractivity contribution in [2.45, 2.75) is 52.6 Å². The van der Waals surface area contributed by atoms with Gasteiger partial charge >= 0.3 is 11.9 Å². The fourth-order valence-electron chi connectivity index (χ4n) is 1.59. The van der Waals surface area contributed by atoms with Crippen LogP contribution in [0.2, 0.25) is 38.8 Å². The largest absolute Gasteiger partial charge is 0.466 e. The van der Waals surface area contributed by atoms with E-state index in [4.69, 9.17) is 8.85 Å². The number of ether oxygens (including phenoxy) is 3. The molecule has 0 radical (unpaired) electrons. The molecular formula is C14H32O6Si2. The molecule has 0 saturated heterocycles. The topological polar surface area (TPSA) is 71.1 Å². The third-order valence-electron chi connectivity index (χ3n) is 2.18. The van der Waals surface area contributed by atoms with Crippen molar-refractivity contribution in [3.05, 3.63) is 0 Å².